The third-order valence-corrected chi connectivity index (χ3v) is 0.642. The number of nitrogens with one attached hydrogen (secondary N) is 1. The summed E-state index contributed by atoms with van der Waals surface area (Å²) in [6.07, 6.45) is 1.07. The van der Waals surface area contributed by atoms with Crippen molar-refractivity contribution in [2.75, 3.05) is 6.54 Å². The molecule has 0 aliphatic carbocycles. The maximum Gasteiger partial charge on any atom is 0.102 e. The van der Waals surface area contributed by atoms with Gasteiger partial charge in [0.2, 0.25) is 0 Å². The molecule has 0 aromatic carbocycles. The molecule has 0 heterocycles. The SMILES string of the molecule is [Cl][Pt][Cl].[NH-]C(C=O)CCN. The molecule has 0 radical (unpaired) electrons. The maximum atomic E-state index is 9.65. The van der Waals surface area contributed by atoms with Gasteiger partial charge >= 0.3 is 35.3 Å². The van der Waals surface area contributed by atoms with E-state index in [-0.39, 0.29) is 0 Å². The molecule has 0 aromatic heterocycles. The number of carbonyl (C=O) groups is 1. The molecule has 1 atom stereocenters. The number of halogens is 2. The zero-order chi connectivity index (χ0) is 8.41. The second-order valence-corrected chi connectivity index (χ2v) is 4.65. The Hall–Kier alpha value is 0.858. The summed E-state index contributed by atoms with van der Waals surface area (Å²) in [6.45, 7) is 0.424. The molecule has 0 amide bonds. The number of hydrogen-bond donors (Lipinski definition) is 1. The average molecular weight is 367 g/mol. The van der Waals surface area contributed by atoms with Gasteiger partial charge < -0.3 is 16.3 Å². The van der Waals surface area contributed by atoms with Crippen LogP contribution in [0.25, 0.3) is 5.73 Å². The minimum Gasteiger partial charge on any atom is -0.669 e. The molecule has 0 saturated carbocycles. The van der Waals surface area contributed by atoms with Crippen LogP contribution in [0.5, 0.6) is 0 Å². The Labute approximate surface area is 76.8 Å². The van der Waals surface area contributed by atoms with Crippen molar-refractivity contribution in [3.05, 3.63) is 5.73 Å². The van der Waals surface area contributed by atoms with E-state index in [2.05, 4.69) is 0 Å². The topological polar surface area (TPSA) is 66.9 Å². The summed E-state index contributed by atoms with van der Waals surface area (Å²) >= 11 is -0.472. The van der Waals surface area contributed by atoms with Gasteiger partial charge in [-0.25, -0.2) is 0 Å². The van der Waals surface area contributed by atoms with Crippen LogP contribution in [0.4, 0.5) is 0 Å². The smallest absolute Gasteiger partial charge is 0.102 e. The molecule has 6 heteroatoms. The molecule has 0 aromatic rings. The molecule has 0 bridgehead atoms. The van der Waals surface area contributed by atoms with Gasteiger partial charge in [-0.1, -0.05) is 12.5 Å². The molecule has 0 rings (SSSR count). The fraction of sp³-hybridized carbons (Fsp3) is 0.750. The summed E-state index contributed by atoms with van der Waals surface area (Å²) in [5.74, 6) is 0. The molecule has 0 aliphatic heterocycles. The van der Waals surface area contributed by atoms with E-state index in [1.165, 1.54) is 0 Å². The van der Waals surface area contributed by atoms with E-state index in [0.717, 1.165) is 0 Å². The summed E-state index contributed by atoms with van der Waals surface area (Å²) in [4.78, 5) is 9.65. The molecule has 0 saturated heterocycles. The summed E-state index contributed by atoms with van der Waals surface area (Å²) < 4.78 is 0. The second-order valence-electron chi connectivity index (χ2n) is 1.37. The molecule has 3 nitrogen and oxygen atoms in total. The van der Waals surface area contributed by atoms with Crippen LogP contribution in [0.1, 0.15) is 6.42 Å². The molecule has 1 unspecified atom stereocenters. The second kappa shape index (κ2) is 12.5. The summed E-state index contributed by atoms with van der Waals surface area (Å²) in [7, 11) is 9.75. The van der Waals surface area contributed by atoms with Gasteiger partial charge in [-0.05, 0) is 6.54 Å². The van der Waals surface area contributed by atoms with Gasteiger partial charge in [-0.15, -0.1) is 0 Å². The van der Waals surface area contributed by atoms with Gasteiger partial charge in [0.25, 0.3) is 0 Å². The number of aldehydes is 1. The fourth-order valence-electron chi connectivity index (χ4n) is 0.248. The molecule has 0 aliphatic rings. The van der Waals surface area contributed by atoms with Crippen LogP contribution in [-0.2, 0) is 21.3 Å². The first-order chi connectivity index (χ1) is 4.72. The molecular weight excluding hydrogens is 358 g/mol. The molecule has 0 spiro atoms. The van der Waals surface area contributed by atoms with Crippen molar-refractivity contribution < 1.29 is 21.3 Å². The van der Waals surface area contributed by atoms with Gasteiger partial charge in [-0.2, -0.15) is 0 Å². The summed E-state index contributed by atoms with van der Waals surface area (Å²) in [6, 6.07) is -0.606. The van der Waals surface area contributed by atoms with Gasteiger partial charge in [0.1, 0.15) is 6.29 Å². The van der Waals surface area contributed by atoms with Crippen molar-refractivity contribution in [3.8, 4) is 0 Å². The summed E-state index contributed by atoms with van der Waals surface area (Å²) in [5.41, 5.74) is 11.8. The van der Waals surface area contributed by atoms with Gasteiger partial charge in [0.05, 0.1) is 0 Å². The maximum absolute atomic E-state index is 9.65. The van der Waals surface area contributed by atoms with Crippen LogP contribution in [-0.4, -0.2) is 18.9 Å². The quantitative estimate of drug-likeness (QED) is 0.765. The minimum atomic E-state index is -0.606. The number of nitrogens with two attached hydrogens (primary N) is 1. The average Bonchev–Trinajstić information content (AvgIpc) is 1.90. The molecule has 10 heavy (non-hydrogen) atoms. The molecule has 66 valence electrons. The van der Waals surface area contributed by atoms with Crippen molar-refractivity contribution in [2.24, 2.45) is 5.73 Å². The van der Waals surface area contributed by atoms with E-state index in [1.54, 1.807) is 0 Å². The van der Waals surface area contributed by atoms with E-state index < -0.39 is 22.5 Å². The van der Waals surface area contributed by atoms with Gasteiger partial charge in [0, 0.05) is 0 Å². The zero-order valence-corrected chi connectivity index (χ0v) is 8.91. The molecule has 0 fully saturated rings. The number of hydrogen-bond acceptors (Lipinski definition) is 2. The Morgan fingerprint density at radius 1 is 1.70 bits per heavy atom. The third-order valence-electron chi connectivity index (χ3n) is 0.642. The van der Waals surface area contributed by atoms with E-state index in [4.69, 9.17) is 30.3 Å². The van der Waals surface area contributed by atoms with Crippen molar-refractivity contribution in [2.45, 2.75) is 12.5 Å². The Morgan fingerprint density at radius 2 is 2.10 bits per heavy atom. The first-order valence-electron chi connectivity index (χ1n) is 2.41. The Bertz CT molecular complexity index is 76.3. The third kappa shape index (κ3) is 15.9. The van der Waals surface area contributed by atoms with E-state index in [1.807, 2.05) is 0 Å². The zero-order valence-electron chi connectivity index (χ0n) is 5.13. The summed E-state index contributed by atoms with van der Waals surface area (Å²) in [5, 5.41) is 0. The van der Waals surface area contributed by atoms with Crippen molar-refractivity contribution >= 4 is 25.1 Å². The van der Waals surface area contributed by atoms with Crippen molar-refractivity contribution in [3.63, 3.8) is 0 Å². The first-order valence-corrected chi connectivity index (χ1v) is 8.04. The van der Waals surface area contributed by atoms with Crippen LogP contribution in [0.2, 0.25) is 0 Å². The Balaban J connectivity index is 0. The van der Waals surface area contributed by atoms with E-state index >= 15 is 0 Å². The monoisotopic (exact) mass is 366 g/mol. The predicted molar refractivity (Wildman–Crippen MR) is 39.6 cm³/mol. The van der Waals surface area contributed by atoms with Gasteiger partial charge in [-0.3, -0.25) is 0 Å². The van der Waals surface area contributed by atoms with Crippen LogP contribution in [0, 0.1) is 0 Å². The predicted octanol–water partition coefficient (Wildman–Crippen LogP) is 1.33. The van der Waals surface area contributed by atoms with Crippen LogP contribution < -0.4 is 5.73 Å². The standard InChI is InChI=1S/C4H9N2O.2ClH.Pt/c5-2-1-4(6)3-7;;;/h3-4,6H,1-2,5H2;2*1H;/q-1;;;+2/p-2. The largest absolute Gasteiger partial charge is 0.669 e. The minimum absolute atomic E-state index is 0.424. The van der Waals surface area contributed by atoms with Crippen LogP contribution in [0.3, 0.4) is 0 Å². The normalized spacial score (nSPS) is 11.6. The van der Waals surface area contributed by atoms with Gasteiger partial charge in [0.15, 0.2) is 0 Å². The number of carbonyl (C=O) groups excluding carboxylic acids is 1. The van der Waals surface area contributed by atoms with Crippen molar-refractivity contribution in [1.29, 1.82) is 0 Å². The van der Waals surface area contributed by atoms with Crippen LogP contribution >= 0.6 is 18.8 Å². The Morgan fingerprint density at radius 3 is 2.20 bits per heavy atom. The van der Waals surface area contributed by atoms with Crippen molar-refractivity contribution in [1.82, 2.24) is 0 Å². The first kappa shape index (κ1) is 13.4. The van der Waals surface area contributed by atoms with E-state index in [9.17, 15) is 4.79 Å². The Kier molecular flexibility index (Phi) is 16.8. The fourth-order valence-corrected chi connectivity index (χ4v) is 0.248. The van der Waals surface area contributed by atoms with Crippen LogP contribution in [0.15, 0.2) is 0 Å². The number of rotatable bonds is 3. The van der Waals surface area contributed by atoms with E-state index in [0.29, 0.717) is 19.3 Å². The molecular formula is C4H9Cl2N2OPt-. The molecule has 3 N–H and O–H groups in total.